The van der Waals surface area contributed by atoms with Crippen LogP contribution in [0.4, 0.5) is 14.9 Å². The number of hydrogen-bond donors (Lipinski definition) is 1. The average Bonchev–Trinajstić information content (AvgIpc) is 2.91. The molecule has 0 radical (unpaired) electrons. The van der Waals surface area contributed by atoms with E-state index in [1.54, 1.807) is 48.8 Å². The fourth-order valence-electron chi connectivity index (χ4n) is 3.67. The number of aromatic nitrogens is 1. The van der Waals surface area contributed by atoms with Crippen molar-refractivity contribution in [3.63, 3.8) is 0 Å². The molecule has 2 heterocycles. The van der Waals surface area contributed by atoms with Gasteiger partial charge in [-0.25, -0.2) is 9.40 Å². The Morgan fingerprint density at radius 3 is 2.53 bits per heavy atom. The first-order valence-corrected chi connectivity index (χ1v) is 12.1. The average molecular weight is 509 g/mol. The first-order valence-electron chi connectivity index (χ1n) is 11.3. The topological polar surface area (TPSA) is 93.1 Å². The molecular formula is C26H25FN4O4S. The van der Waals surface area contributed by atoms with Gasteiger partial charge in [0.05, 0.1) is 24.6 Å². The third-order valence-electron chi connectivity index (χ3n) is 5.51. The molecule has 0 spiro atoms. The van der Waals surface area contributed by atoms with Gasteiger partial charge in [-0.3, -0.25) is 14.6 Å². The molecule has 1 aliphatic rings. The summed E-state index contributed by atoms with van der Waals surface area (Å²) in [5.41, 5.74) is 3.42. The van der Waals surface area contributed by atoms with Crippen molar-refractivity contribution in [2.75, 3.05) is 19.3 Å². The molecule has 1 N–H and O–H groups in total. The molecular weight excluding hydrogens is 483 g/mol. The zero-order valence-electron chi connectivity index (χ0n) is 19.8. The lowest BCUT2D eigenvalue weighted by Crippen LogP contribution is -2.34. The number of benzene rings is 2. The lowest BCUT2D eigenvalue weighted by Gasteiger charge is -2.28. The molecule has 0 saturated heterocycles. The molecule has 186 valence electrons. The summed E-state index contributed by atoms with van der Waals surface area (Å²) in [7, 11) is 1.49. The molecule has 8 nitrogen and oxygen atoms in total. The lowest BCUT2D eigenvalue weighted by molar-refractivity contribution is 0.102. The highest BCUT2D eigenvalue weighted by atomic mass is 32.2. The van der Waals surface area contributed by atoms with Gasteiger partial charge in [0.15, 0.2) is 11.5 Å². The van der Waals surface area contributed by atoms with Crippen molar-refractivity contribution in [3.8, 4) is 11.5 Å². The highest BCUT2D eigenvalue weighted by Gasteiger charge is 2.30. The Morgan fingerprint density at radius 2 is 1.86 bits per heavy atom. The van der Waals surface area contributed by atoms with E-state index < -0.39 is 6.86 Å². The van der Waals surface area contributed by atoms with E-state index in [9.17, 15) is 14.0 Å². The molecule has 1 unspecified atom stereocenters. The predicted molar refractivity (Wildman–Crippen MR) is 137 cm³/mol. The van der Waals surface area contributed by atoms with Gasteiger partial charge in [-0.1, -0.05) is 30.8 Å². The van der Waals surface area contributed by atoms with Crippen molar-refractivity contribution in [1.29, 1.82) is 0 Å². The van der Waals surface area contributed by atoms with Gasteiger partial charge < -0.3 is 14.8 Å². The van der Waals surface area contributed by atoms with Crippen LogP contribution in [-0.4, -0.2) is 46.1 Å². The standard InChI is InChI=1S/C26H25FN4O4S/c1-3-23-24(19-6-9-21(34-2)22(14-19)35-16-27)30-31(26(33)36-23)15-17-4-7-20(8-5-17)29-25(32)18-10-12-28-13-11-18/h4-14,23H,3,15-16H2,1-2H3,(H,29,32). The normalized spacial score (nSPS) is 15.3. The minimum atomic E-state index is -0.984. The molecule has 2 amide bonds. The zero-order valence-corrected chi connectivity index (χ0v) is 20.6. The first kappa shape index (κ1) is 25.2. The van der Waals surface area contributed by atoms with Crippen molar-refractivity contribution in [2.24, 2.45) is 5.10 Å². The Balaban J connectivity index is 1.52. The molecule has 2 aromatic carbocycles. The Morgan fingerprint density at radius 1 is 1.11 bits per heavy atom. The van der Waals surface area contributed by atoms with E-state index in [0.717, 1.165) is 11.1 Å². The van der Waals surface area contributed by atoms with Gasteiger partial charge in [0.1, 0.15) is 0 Å². The molecule has 10 heteroatoms. The number of rotatable bonds is 9. The second-order valence-electron chi connectivity index (χ2n) is 7.83. The van der Waals surface area contributed by atoms with E-state index in [2.05, 4.69) is 15.4 Å². The number of carbonyl (C=O) groups is 2. The van der Waals surface area contributed by atoms with E-state index in [0.29, 0.717) is 29.1 Å². The molecule has 0 fully saturated rings. The van der Waals surface area contributed by atoms with Crippen LogP contribution in [0.15, 0.2) is 72.1 Å². The summed E-state index contributed by atoms with van der Waals surface area (Å²) >= 11 is 1.20. The molecule has 4 rings (SSSR count). The van der Waals surface area contributed by atoms with E-state index in [1.807, 2.05) is 25.1 Å². The van der Waals surface area contributed by atoms with Gasteiger partial charge in [-0.15, -0.1) is 0 Å². The van der Waals surface area contributed by atoms with Gasteiger partial charge in [0.25, 0.3) is 5.91 Å². The van der Waals surface area contributed by atoms with Gasteiger partial charge in [-0.05, 0) is 54.4 Å². The van der Waals surface area contributed by atoms with Gasteiger partial charge in [0, 0.05) is 29.2 Å². The number of alkyl halides is 1. The molecule has 1 atom stereocenters. The maximum absolute atomic E-state index is 12.9. The number of ether oxygens (including phenoxy) is 2. The van der Waals surface area contributed by atoms with Crippen LogP contribution in [0, 0.1) is 0 Å². The summed E-state index contributed by atoms with van der Waals surface area (Å²) in [5.74, 6) is 0.452. The Kier molecular flexibility index (Phi) is 8.17. The number of thioether (sulfide) groups is 1. The number of amides is 2. The summed E-state index contributed by atoms with van der Waals surface area (Å²) in [6.07, 6.45) is 3.81. The maximum Gasteiger partial charge on any atom is 0.302 e. The second-order valence-corrected chi connectivity index (χ2v) is 8.98. The van der Waals surface area contributed by atoms with Crippen molar-refractivity contribution < 1.29 is 23.5 Å². The first-order chi connectivity index (χ1) is 17.5. The zero-order chi connectivity index (χ0) is 25.5. The number of hydrazone groups is 1. The third kappa shape index (κ3) is 5.83. The number of methoxy groups -OCH3 is 1. The Bertz CT molecular complexity index is 1250. The number of carbonyl (C=O) groups excluding carboxylic acids is 2. The SMILES string of the molecule is CCC1SC(=O)N(Cc2ccc(NC(=O)c3ccncc3)cc2)N=C1c1ccc(OC)c(OCF)c1. The third-order valence-corrected chi connectivity index (χ3v) is 6.77. The minimum absolute atomic E-state index is 0.147. The number of nitrogens with zero attached hydrogens (tertiary/aromatic N) is 3. The largest absolute Gasteiger partial charge is 0.493 e. The smallest absolute Gasteiger partial charge is 0.302 e. The van der Waals surface area contributed by atoms with Gasteiger partial charge in [-0.2, -0.15) is 5.10 Å². The molecule has 0 bridgehead atoms. The monoisotopic (exact) mass is 508 g/mol. The molecule has 1 aliphatic heterocycles. The van der Waals surface area contributed by atoms with Crippen LogP contribution in [-0.2, 0) is 6.54 Å². The van der Waals surface area contributed by atoms with Crippen molar-refractivity contribution in [2.45, 2.75) is 25.1 Å². The van der Waals surface area contributed by atoms with Crippen molar-refractivity contribution >= 4 is 34.3 Å². The van der Waals surface area contributed by atoms with Crippen LogP contribution in [0.3, 0.4) is 0 Å². The highest BCUT2D eigenvalue weighted by molar-refractivity contribution is 8.14. The van der Waals surface area contributed by atoms with E-state index in [1.165, 1.54) is 23.9 Å². The molecule has 0 saturated carbocycles. The van der Waals surface area contributed by atoms with Crippen LogP contribution in [0.1, 0.15) is 34.8 Å². The van der Waals surface area contributed by atoms with Crippen molar-refractivity contribution in [3.05, 3.63) is 83.7 Å². The van der Waals surface area contributed by atoms with Crippen LogP contribution in [0.2, 0.25) is 0 Å². The minimum Gasteiger partial charge on any atom is -0.493 e. The van der Waals surface area contributed by atoms with Crippen LogP contribution in [0.5, 0.6) is 11.5 Å². The lowest BCUT2D eigenvalue weighted by atomic mass is 10.0. The molecule has 1 aromatic heterocycles. The Hall–Kier alpha value is -3.92. The van der Waals surface area contributed by atoms with Crippen LogP contribution < -0.4 is 14.8 Å². The van der Waals surface area contributed by atoms with Crippen LogP contribution >= 0.6 is 11.8 Å². The summed E-state index contributed by atoms with van der Waals surface area (Å²) in [5, 5.41) is 8.61. The highest BCUT2D eigenvalue weighted by Crippen LogP contribution is 2.34. The van der Waals surface area contributed by atoms with Crippen molar-refractivity contribution in [1.82, 2.24) is 9.99 Å². The summed E-state index contributed by atoms with van der Waals surface area (Å²) in [6.45, 7) is 1.26. The van der Waals surface area contributed by atoms with Gasteiger partial charge in [0.2, 0.25) is 6.86 Å². The van der Waals surface area contributed by atoms with E-state index in [4.69, 9.17) is 9.47 Å². The Labute approximate surface area is 212 Å². The fourth-order valence-corrected chi connectivity index (χ4v) is 4.61. The van der Waals surface area contributed by atoms with Gasteiger partial charge >= 0.3 is 5.24 Å². The maximum atomic E-state index is 12.9. The number of halogens is 1. The number of hydrogen-bond acceptors (Lipinski definition) is 7. The van der Waals surface area contributed by atoms with E-state index in [-0.39, 0.29) is 28.7 Å². The number of pyridine rings is 1. The second kappa shape index (κ2) is 11.7. The molecule has 36 heavy (non-hydrogen) atoms. The number of nitrogens with one attached hydrogen (secondary N) is 1. The molecule has 3 aromatic rings. The van der Waals surface area contributed by atoms with E-state index >= 15 is 0 Å². The quantitative estimate of drug-likeness (QED) is 0.410. The molecule has 0 aliphatic carbocycles. The summed E-state index contributed by atoms with van der Waals surface area (Å²) in [4.78, 5) is 29.1. The summed E-state index contributed by atoms with van der Waals surface area (Å²) in [6, 6.07) is 15.7. The van der Waals surface area contributed by atoms with Crippen LogP contribution in [0.25, 0.3) is 0 Å². The predicted octanol–water partition coefficient (Wildman–Crippen LogP) is 5.50. The number of anilines is 1. The summed E-state index contributed by atoms with van der Waals surface area (Å²) < 4.78 is 23.2. The fraction of sp³-hybridized carbons (Fsp3) is 0.231.